The van der Waals surface area contributed by atoms with Crippen molar-refractivity contribution in [2.75, 3.05) is 49.9 Å². The molecule has 0 aliphatic carbocycles. The Bertz CT molecular complexity index is 774. The van der Waals surface area contributed by atoms with Gasteiger partial charge in [0.15, 0.2) is 5.16 Å². The van der Waals surface area contributed by atoms with Crippen LogP contribution in [0.3, 0.4) is 0 Å². The number of carbonyl (C=O) groups excluding carboxylic acids is 1. The predicted molar refractivity (Wildman–Crippen MR) is 112 cm³/mol. The lowest BCUT2D eigenvalue weighted by molar-refractivity contribution is -0.130. The van der Waals surface area contributed by atoms with Crippen LogP contribution in [0.4, 0.5) is 5.69 Å². The third-order valence-corrected chi connectivity index (χ3v) is 6.71. The van der Waals surface area contributed by atoms with E-state index in [1.807, 2.05) is 16.5 Å². The van der Waals surface area contributed by atoms with E-state index >= 15 is 0 Å². The lowest BCUT2D eigenvalue weighted by Gasteiger charge is -2.44. The Hall–Kier alpha value is -2.06. The summed E-state index contributed by atoms with van der Waals surface area (Å²) < 4.78 is 1.85. The number of para-hydroxylation sites is 1. The van der Waals surface area contributed by atoms with Crippen molar-refractivity contribution in [2.45, 2.75) is 24.0 Å². The smallest absolute Gasteiger partial charge is 0.233 e. The van der Waals surface area contributed by atoms with E-state index in [0.29, 0.717) is 11.8 Å². The summed E-state index contributed by atoms with van der Waals surface area (Å²) in [7, 11) is 1.90. The first-order chi connectivity index (χ1) is 13.7. The van der Waals surface area contributed by atoms with E-state index in [9.17, 15) is 4.79 Å². The van der Waals surface area contributed by atoms with Gasteiger partial charge in [-0.2, -0.15) is 0 Å². The van der Waals surface area contributed by atoms with E-state index in [-0.39, 0.29) is 5.91 Å². The molecule has 28 heavy (non-hydrogen) atoms. The second-order valence-corrected chi connectivity index (χ2v) is 8.45. The summed E-state index contributed by atoms with van der Waals surface area (Å²) in [5, 5.41) is 8.71. The number of benzene rings is 1. The molecule has 150 valence electrons. The Labute approximate surface area is 170 Å². The summed E-state index contributed by atoms with van der Waals surface area (Å²) in [5.41, 5.74) is 1.31. The van der Waals surface area contributed by atoms with Crippen molar-refractivity contribution >= 4 is 23.4 Å². The van der Waals surface area contributed by atoms with Crippen molar-refractivity contribution in [1.29, 1.82) is 0 Å². The van der Waals surface area contributed by atoms with Crippen LogP contribution in [-0.4, -0.2) is 81.5 Å². The normalized spacial score (nSPS) is 21.1. The molecule has 7 nitrogen and oxygen atoms in total. The Balaban J connectivity index is 1.27. The van der Waals surface area contributed by atoms with Gasteiger partial charge in [0, 0.05) is 58.0 Å². The fourth-order valence-corrected chi connectivity index (χ4v) is 4.88. The number of piperidine rings is 1. The molecule has 2 aromatic rings. The molecule has 0 spiro atoms. The highest BCUT2D eigenvalue weighted by atomic mass is 32.2. The summed E-state index contributed by atoms with van der Waals surface area (Å²) in [6, 6.07) is 11.1. The molecule has 3 heterocycles. The SMILES string of the molecule is Cn1cnnc1SCC(=O)N1CCCC(N2CCN(c3ccccc3)CC2)C1. The van der Waals surface area contributed by atoms with Crippen molar-refractivity contribution in [2.24, 2.45) is 7.05 Å². The quantitative estimate of drug-likeness (QED) is 0.713. The molecule has 2 saturated heterocycles. The molecule has 2 fully saturated rings. The lowest BCUT2D eigenvalue weighted by atomic mass is 10.0. The zero-order valence-electron chi connectivity index (χ0n) is 16.4. The topological polar surface area (TPSA) is 57.5 Å². The second kappa shape index (κ2) is 8.96. The number of aromatic nitrogens is 3. The molecule has 1 atom stereocenters. The van der Waals surface area contributed by atoms with Crippen LogP contribution in [0.1, 0.15) is 12.8 Å². The van der Waals surface area contributed by atoms with Crippen molar-refractivity contribution < 1.29 is 4.79 Å². The standard InChI is InChI=1S/C20H28N6OS/c1-23-16-21-22-20(23)28-15-19(27)26-9-5-8-18(14-26)25-12-10-24(11-13-25)17-6-3-2-4-7-17/h2-4,6-7,16,18H,5,8-15H2,1H3. The van der Waals surface area contributed by atoms with Gasteiger partial charge in [0.2, 0.25) is 5.91 Å². The molecule has 0 N–H and O–H groups in total. The van der Waals surface area contributed by atoms with Crippen LogP contribution in [0.2, 0.25) is 0 Å². The first kappa shape index (κ1) is 19.3. The Morgan fingerprint density at radius 1 is 1.14 bits per heavy atom. The molecule has 2 aliphatic rings. The molecule has 1 unspecified atom stereocenters. The Morgan fingerprint density at radius 2 is 1.93 bits per heavy atom. The van der Waals surface area contributed by atoms with E-state index in [2.05, 4.69) is 50.3 Å². The molecular weight excluding hydrogens is 372 g/mol. The highest BCUT2D eigenvalue weighted by Crippen LogP contribution is 2.22. The zero-order valence-corrected chi connectivity index (χ0v) is 17.2. The van der Waals surface area contributed by atoms with E-state index in [0.717, 1.165) is 50.8 Å². The largest absolute Gasteiger partial charge is 0.369 e. The average molecular weight is 401 g/mol. The molecular formula is C20H28N6OS. The predicted octanol–water partition coefficient (Wildman–Crippen LogP) is 1.72. The van der Waals surface area contributed by atoms with Crippen LogP contribution in [0.15, 0.2) is 41.8 Å². The zero-order chi connectivity index (χ0) is 19.3. The molecule has 1 aromatic carbocycles. The lowest BCUT2D eigenvalue weighted by Crippen LogP contribution is -2.56. The van der Waals surface area contributed by atoms with Crippen molar-refractivity contribution in [3.8, 4) is 0 Å². The number of piperazine rings is 1. The van der Waals surface area contributed by atoms with E-state index < -0.39 is 0 Å². The highest BCUT2D eigenvalue weighted by molar-refractivity contribution is 7.99. The van der Waals surface area contributed by atoms with Crippen molar-refractivity contribution in [1.82, 2.24) is 24.6 Å². The Morgan fingerprint density at radius 3 is 2.64 bits per heavy atom. The van der Waals surface area contributed by atoms with Crippen LogP contribution in [0.5, 0.6) is 0 Å². The van der Waals surface area contributed by atoms with Gasteiger partial charge < -0.3 is 14.4 Å². The molecule has 4 rings (SSSR count). The van der Waals surface area contributed by atoms with Crippen LogP contribution >= 0.6 is 11.8 Å². The van der Waals surface area contributed by atoms with Crippen LogP contribution in [0, 0.1) is 0 Å². The van der Waals surface area contributed by atoms with Crippen molar-refractivity contribution in [3.05, 3.63) is 36.7 Å². The maximum atomic E-state index is 12.7. The summed E-state index contributed by atoms with van der Waals surface area (Å²) in [4.78, 5) is 19.8. The van der Waals surface area contributed by atoms with E-state index in [1.54, 1.807) is 6.33 Å². The number of thioether (sulfide) groups is 1. The maximum absolute atomic E-state index is 12.7. The van der Waals surface area contributed by atoms with Crippen LogP contribution < -0.4 is 4.90 Å². The number of rotatable bonds is 5. The number of likely N-dealkylation sites (tertiary alicyclic amines) is 1. The summed E-state index contributed by atoms with van der Waals surface area (Å²) >= 11 is 1.47. The minimum atomic E-state index is 0.209. The van der Waals surface area contributed by atoms with Gasteiger partial charge >= 0.3 is 0 Å². The number of nitrogens with zero attached hydrogens (tertiary/aromatic N) is 6. The van der Waals surface area contributed by atoms with Gasteiger partial charge in [-0.15, -0.1) is 10.2 Å². The first-order valence-electron chi connectivity index (χ1n) is 9.99. The third kappa shape index (κ3) is 4.50. The monoisotopic (exact) mass is 400 g/mol. The summed E-state index contributed by atoms with van der Waals surface area (Å²) in [5.74, 6) is 0.640. The third-order valence-electron chi connectivity index (χ3n) is 5.70. The van der Waals surface area contributed by atoms with Crippen LogP contribution in [-0.2, 0) is 11.8 Å². The van der Waals surface area contributed by atoms with Crippen LogP contribution in [0.25, 0.3) is 0 Å². The highest BCUT2D eigenvalue weighted by Gasteiger charge is 2.30. The number of anilines is 1. The fraction of sp³-hybridized carbons (Fsp3) is 0.550. The van der Waals surface area contributed by atoms with Gasteiger partial charge in [-0.3, -0.25) is 9.69 Å². The van der Waals surface area contributed by atoms with Gasteiger partial charge in [0.25, 0.3) is 0 Å². The maximum Gasteiger partial charge on any atom is 0.233 e. The van der Waals surface area contributed by atoms with Gasteiger partial charge in [0.1, 0.15) is 6.33 Å². The van der Waals surface area contributed by atoms with E-state index in [4.69, 9.17) is 0 Å². The molecule has 0 saturated carbocycles. The van der Waals surface area contributed by atoms with Gasteiger partial charge in [0.05, 0.1) is 5.75 Å². The molecule has 0 bridgehead atoms. The van der Waals surface area contributed by atoms with Gasteiger partial charge in [-0.1, -0.05) is 30.0 Å². The number of carbonyl (C=O) groups is 1. The summed E-state index contributed by atoms with van der Waals surface area (Å²) in [6.07, 6.45) is 3.94. The number of aryl methyl sites for hydroxylation is 1. The number of hydrogen-bond acceptors (Lipinski definition) is 6. The van der Waals surface area contributed by atoms with Gasteiger partial charge in [-0.05, 0) is 25.0 Å². The average Bonchev–Trinajstić information content (AvgIpc) is 3.17. The second-order valence-electron chi connectivity index (χ2n) is 7.51. The molecule has 1 amide bonds. The molecule has 1 aromatic heterocycles. The van der Waals surface area contributed by atoms with Crippen molar-refractivity contribution in [3.63, 3.8) is 0 Å². The number of amides is 1. The van der Waals surface area contributed by atoms with Gasteiger partial charge in [-0.25, -0.2) is 0 Å². The fourth-order valence-electron chi connectivity index (χ4n) is 4.08. The number of hydrogen-bond donors (Lipinski definition) is 0. The summed E-state index contributed by atoms with van der Waals surface area (Å²) in [6.45, 7) is 5.96. The van der Waals surface area contributed by atoms with E-state index in [1.165, 1.54) is 23.9 Å². The molecule has 8 heteroatoms. The first-order valence-corrected chi connectivity index (χ1v) is 11.0. The molecule has 2 aliphatic heterocycles. The Kier molecular flexibility index (Phi) is 6.17. The minimum Gasteiger partial charge on any atom is -0.369 e. The minimum absolute atomic E-state index is 0.209. The molecule has 0 radical (unpaired) electrons.